The van der Waals surface area contributed by atoms with Crippen molar-refractivity contribution in [3.63, 3.8) is 0 Å². The molecule has 1 rings (SSSR count). The van der Waals surface area contributed by atoms with Gasteiger partial charge in [0.1, 0.15) is 0 Å². The minimum atomic E-state index is -3.04. The van der Waals surface area contributed by atoms with Crippen LogP contribution in [0.5, 0.6) is 0 Å². The third kappa shape index (κ3) is 3.94. The molecule has 0 amide bonds. The summed E-state index contributed by atoms with van der Waals surface area (Å²) in [7, 11) is -1.59. The van der Waals surface area contributed by atoms with Crippen molar-refractivity contribution in [2.45, 2.75) is 32.2 Å². The van der Waals surface area contributed by atoms with E-state index in [2.05, 4.69) is 17.0 Å². The quantitative estimate of drug-likeness (QED) is 0.701. The highest BCUT2D eigenvalue weighted by Gasteiger charge is 2.20. The highest BCUT2D eigenvalue weighted by Crippen LogP contribution is 2.24. The van der Waals surface area contributed by atoms with Gasteiger partial charge in [-0.2, -0.15) is 0 Å². The van der Waals surface area contributed by atoms with Crippen molar-refractivity contribution in [2.24, 2.45) is 5.92 Å². The fourth-order valence-corrected chi connectivity index (χ4v) is 2.48. The molecular formula is C9H20N2O2S. The largest absolute Gasteiger partial charge is 0.313 e. The molecule has 1 aliphatic carbocycles. The summed E-state index contributed by atoms with van der Waals surface area (Å²) in [6.45, 7) is 2.80. The van der Waals surface area contributed by atoms with Crippen molar-refractivity contribution in [1.82, 2.24) is 10.0 Å². The van der Waals surface area contributed by atoms with Gasteiger partial charge in [-0.3, -0.25) is 0 Å². The van der Waals surface area contributed by atoms with Crippen molar-refractivity contribution in [3.8, 4) is 0 Å². The van der Waals surface area contributed by atoms with Crippen LogP contribution in [0.4, 0.5) is 0 Å². The average Bonchev–Trinajstić information content (AvgIpc) is 2.51. The van der Waals surface area contributed by atoms with Crippen LogP contribution >= 0.6 is 0 Å². The van der Waals surface area contributed by atoms with Crippen molar-refractivity contribution >= 4 is 10.0 Å². The summed E-state index contributed by atoms with van der Waals surface area (Å²) in [4.78, 5) is 0. The van der Waals surface area contributed by atoms with Crippen molar-refractivity contribution in [3.05, 3.63) is 0 Å². The Hall–Kier alpha value is -0.130. The third-order valence-electron chi connectivity index (χ3n) is 2.81. The molecule has 0 bridgehead atoms. The first-order valence-electron chi connectivity index (χ1n) is 5.18. The number of rotatable bonds is 5. The van der Waals surface area contributed by atoms with Gasteiger partial charge < -0.3 is 5.32 Å². The molecule has 84 valence electrons. The monoisotopic (exact) mass is 220 g/mol. The second kappa shape index (κ2) is 5.09. The van der Waals surface area contributed by atoms with Crippen LogP contribution in [-0.4, -0.2) is 33.8 Å². The Kier molecular flexibility index (Phi) is 4.34. The Morgan fingerprint density at radius 3 is 2.57 bits per heavy atom. The molecule has 1 saturated carbocycles. The number of nitrogens with one attached hydrogen (secondary N) is 2. The maximum absolute atomic E-state index is 11.1. The second-order valence-electron chi connectivity index (χ2n) is 4.09. The van der Waals surface area contributed by atoms with E-state index in [1.54, 1.807) is 0 Å². The van der Waals surface area contributed by atoms with Gasteiger partial charge in [0.2, 0.25) is 10.0 Å². The standard InChI is InChI=1S/C9H20N2O2S/c1-8-3-4-9(7-8)11-5-6-14(12,13)10-2/h8-11H,3-7H2,1-2H3. The topological polar surface area (TPSA) is 58.2 Å². The normalized spacial score (nSPS) is 28.1. The molecule has 2 atom stereocenters. The number of sulfonamides is 1. The molecule has 1 aliphatic rings. The summed E-state index contributed by atoms with van der Waals surface area (Å²) in [5.41, 5.74) is 0. The number of hydrogen-bond donors (Lipinski definition) is 2. The van der Waals surface area contributed by atoms with Crippen molar-refractivity contribution in [1.29, 1.82) is 0 Å². The third-order valence-corrected chi connectivity index (χ3v) is 4.17. The highest BCUT2D eigenvalue weighted by molar-refractivity contribution is 7.89. The minimum absolute atomic E-state index is 0.175. The van der Waals surface area contributed by atoms with E-state index >= 15 is 0 Å². The smallest absolute Gasteiger partial charge is 0.212 e. The highest BCUT2D eigenvalue weighted by atomic mass is 32.2. The van der Waals surface area contributed by atoms with E-state index < -0.39 is 10.0 Å². The van der Waals surface area contributed by atoms with Crippen LogP contribution in [0.1, 0.15) is 26.2 Å². The zero-order valence-electron chi connectivity index (χ0n) is 8.91. The second-order valence-corrected chi connectivity index (χ2v) is 6.14. The molecule has 0 saturated heterocycles. The summed E-state index contributed by atoms with van der Waals surface area (Å²) in [5, 5.41) is 3.28. The molecule has 2 N–H and O–H groups in total. The molecule has 0 heterocycles. The Morgan fingerprint density at radius 1 is 1.36 bits per heavy atom. The molecule has 0 radical (unpaired) electrons. The molecule has 1 fully saturated rings. The molecule has 0 aromatic carbocycles. The van der Waals surface area contributed by atoms with E-state index in [0.29, 0.717) is 12.6 Å². The van der Waals surface area contributed by atoms with Gasteiger partial charge in [-0.05, 0) is 32.2 Å². The molecule has 4 nitrogen and oxygen atoms in total. The van der Waals surface area contributed by atoms with E-state index in [-0.39, 0.29) is 5.75 Å². The fraction of sp³-hybridized carbons (Fsp3) is 1.00. The zero-order valence-corrected chi connectivity index (χ0v) is 9.73. The van der Waals surface area contributed by atoms with Crippen LogP contribution in [0.2, 0.25) is 0 Å². The van der Waals surface area contributed by atoms with E-state index in [1.165, 1.54) is 26.3 Å². The Bertz CT molecular complexity index is 264. The van der Waals surface area contributed by atoms with Crippen LogP contribution in [0, 0.1) is 5.92 Å². The van der Waals surface area contributed by atoms with Gasteiger partial charge in [-0.15, -0.1) is 0 Å². The Labute approximate surface area is 86.5 Å². The van der Waals surface area contributed by atoms with Gasteiger partial charge in [0, 0.05) is 12.6 Å². The Balaban J connectivity index is 2.16. The van der Waals surface area contributed by atoms with Gasteiger partial charge in [-0.1, -0.05) is 6.92 Å². The lowest BCUT2D eigenvalue weighted by Crippen LogP contribution is -2.34. The predicted molar refractivity (Wildman–Crippen MR) is 57.7 cm³/mol. The van der Waals surface area contributed by atoms with Gasteiger partial charge in [0.25, 0.3) is 0 Å². The zero-order chi connectivity index (χ0) is 10.6. The molecular weight excluding hydrogens is 200 g/mol. The molecule has 0 aromatic heterocycles. The predicted octanol–water partition coefficient (Wildman–Crippen LogP) is 0.314. The first-order chi connectivity index (χ1) is 6.53. The Morgan fingerprint density at radius 2 is 2.07 bits per heavy atom. The lowest BCUT2D eigenvalue weighted by molar-refractivity contribution is 0.513. The minimum Gasteiger partial charge on any atom is -0.313 e. The maximum Gasteiger partial charge on any atom is 0.212 e. The van der Waals surface area contributed by atoms with Crippen LogP contribution in [0.25, 0.3) is 0 Å². The summed E-state index contributed by atoms with van der Waals surface area (Å²) in [6.07, 6.45) is 3.62. The van der Waals surface area contributed by atoms with Gasteiger partial charge in [0.05, 0.1) is 5.75 Å². The van der Waals surface area contributed by atoms with Crippen LogP contribution in [0.3, 0.4) is 0 Å². The van der Waals surface area contributed by atoms with Crippen LogP contribution in [-0.2, 0) is 10.0 Å². The van der Waals surface area contributed by atoms with Gasteiger partial charge in [-0.25, -0.2) is 13.1 Å². The van der Waals surface area contributed by atoms with E-state index in [9.17, 15) is 8.42 Å². The van der Waals surface area contributed by atoms with Crippen molar-refractivity contribution in [2.75, 3.05) is 19.3 Å². The number of hydrogen-bond acceptors (Lipinski definition) is 3. The van der Waals surface area contributed by atoms with Crippen LogP contribution in [0.15, 0.2) is 0 Å². The summed E-state index contributed by atoms with van der Waals surface area (Å²) in [5.74, 6) is 0.961. The molecule has 0 aromatic rings. The maximum atomic E-state index is 11.1. The summed E-state index contributed by atoms with van der Waals surface area (Å²) >= 11 is 0. The van der Waals surface area contributed by atoms with Gasteiger partial charge in [0.15, 0.2) is 0 Å². The average molecular weight is 220 g/mol. The summed E-state index contributed by atoms with van der Waals surface area (Å²) in [6, 6.07) is 0.525. The molecule has 2 unspecified atom stereocenters. The first kappa shape index (κ1) is 11.9. The van der Waals surface area contributed by atoms with Crippen molar-refractivity contribution < 1.29 is 8.42 Å². The SMILES string of the molecule is CNS(=O)(=O)CCNC1CCC(C)C1. The van der Waals surface area contributed by atoms with E-state index in [0.717, 1.165) is 5.92 Å². The fourth-order valence-electron chi connectivity index (χ4n) is 1.89. The van der Waals surface area contributed by atoms with E-state index in [4.69, 9.17) is 0 Å². The van der Waals surface area contributed by atoms with Crippen LogP contribution < -0.4 is 10.0 Å². The van der Waals surface area contributed by atoms with E-state index in [1.807, 2.05) is 0 Å². The lowest BCUT2D eigenvalue weighted by atomic mass is 10.1. The molecule has 14 heavy (non-hydrogen) atoms. The molecule has 5 heteroatoms. The first-order valence-corrected chi connectivity index (χ1v) is 6.83. The van der Waals surface area contributed by atoms with Gasteiger partial charge >= 0.3 is 0 Å². The molecule has 0 aliphatic heterocycles. The summed E-state index contributed by atoms with van der Waals surface area (Å²) < 4.78 is 24.5. The lowest BCUT2D eigenvalue weighted by Gasteiger charge is -2.11. The molecule has 0 spiro atoms.